The Labute approximate surface area is 92.3 Å². The molecule has 2 N–H and O–H groups in total. The Morgan fingerprint density at radius 1 is 1.67 bits per heavy atom. The Morgan fingerprint density at radius 2 is 2.47 bits per heavy atom. The molecular weight excluding hydrogens is 188 g/mol. The standard InChI is InChI=1S/C12H22N2O/c1-3-10(2)8-12(15)14-9-11-4-6-13-7-5-11/h4,10,13H,3,5-9H2,1-2H3,(H,14,15). The van der Waals surface area contributed by atoms with E-state index in [2.05, 4.69) is 30.6 Å². The van der Waals surface area contributed by atoms with E-state index in [0.29, 0.717) is 12.3 Å². The lowest BCUT2D eigenvalue weighted by Crippen LogP contribution is -2.30. The first kappa shape index (κ1) is 12.2. The number of amides is 1. The minimum absolute atomic E-state index is 0.184. The van der Waals surface area contributed by atoms with E-state index in [1.165, 1.54) is 5.57 Å². The predicted octanol–water partition coefficient (Wildman–Crippen LogP) is 1.46. The second-order valence-corrected chi connectivity index (χ2v) is 4.31. The molecular formula is C12H22N2O. The van der Waals surface area contributed by atoms with Gasteiger partial charge in [0.1, 0.15) is 0 Å². The highest BCUT2D eigenvalue weighted by molar-refractivity contribution is 5.76. The molecule has 0 spiro atoms. The summed E-state index contributed by atoms with van der Waals surface area (Å²) in [5.74, 6) is 0.677. The maximum absolute atomic E-state index is 11.5. The van der Waals surface area contributed by atoms with Crippen molar-refractivity contribution in [2.45, 2.75) is 33.1 Å². The summed E-state index contributed by atoms with van der Waals surface area (Å²) >= 11 is 0. The zero-order chi connectivity index (χ0) is 11.1. The fourth-order valence-corrected chi connectivity index (χ4v) is 1.58. The summed E-state index contributed by atoms with van der Waals surface area (Å²) < 4.78 is 0. The van der Waals surface area contributed by atoms with Crippen molar-refractivity contribution in [1.82, 2.24) is 10.6 Å². The quantitative estimate of drug-likeness (QED) is 0.674. The van der Waals surface area contributed by atoms with E-state index < -0.39 is 0 Å². The lowest BCUT2D eigenvalue weighted by molar-refractivity contribution is -0.121. The molecule has 1 aliphatic rings. The van der Waals surface area contributed by atoms with Crippen LogP contribution in [0.1, 0.15) is 33.1 Å². The van der Waals surface area contributed by atoms with E-state index in [1.54, 1.807) is 0 Å². The molecule has 0 aliphatic carbocycles. The second-order valence-electron chi connectivity index (χ2n) is 4.31. The topological polar surface area (TPSA) is 41.1 Å². The Hall–Kier alpha value is -0.830. The Balaban J connectivity index is 2.18. The summed E-state index contributed by atoms with van der Waals surface area (Å²) in [5.41, 5.74) is 1.35. The van der Waals surface area contributed by atoms with Gasteiger partial charge in [0.2, 0.25) is 5.91 Å². The highest BCUT2D eigenvalue weighted by Gasteiger charge is 2.08. The first-order valence-electron chi connectivity index (χ1n) is 5.87. The monoisotopic (exact) mass is 210 g/mol. The molecule has 1 atom stereocenters. The normalized spacial score (nSPS) is 18.1. The fourth-order valence-electron chi connectivity index (χ4n) is 1.58. The van der Waals surface area contributed by atoms with Gasteiger partial charge in [-0.25, -0.2) is 0 Å². The Bertz CT molecular complexity index is 236. The van der Waals surface area contributed by atoms with Gasteiger partial charge in [0.15, 0.2) is 0 Å². The van der Waals surface area contributed by atoms with Gasteiger partial charge in [-0.3, -0.25) is 4.79 Å². The van der Waals surface area contributed by atoms with E-state index in [1.807, 2.05) is 0 Å². The molecule has 1 rings (SSSR count). The molecule has 0 saturated carbocycles. The van der Waals surface area contributed by atoms with Gasteiger partial charge in [-0.1, -0.05) is 31.9 Å². The van der Waals surface area contributed by atoms with Crippen molar-refractivity contribution in [3.63, 3.8) is 0 Å². The molecule has 0 bridgehead atoms. The zero-order valence-electron chi connectivity index (χ0n) is 9.81. The maximum Gasteiger partial charge on any atom is 0.220 e. The molecule has 0 aromatic heterocycles. The van der Waals surface area contributed by atoms with Gasteiger partial charge in [-0.05, 0) is 18.9 Å². The Morgan fingerprint density at radius 3 is 3.07 bits per heavy atom. The van der Waals surface area contributed by atoms with Crippen molar-refractivity contribution in [2.75, 3.05) is 19.6 Å². The van der Waals surface area contributed by atoms with Gasteiger partial charge >= 0.3 is 0 Å². The average Bonchev–Trinajstić information content (AvgIpc) is 2.27. The SMILES string of the molecule is CCC(C)CC(=O)NCC1=CCNCC1. The molecule has 1 unspecified atom stereocenters. The second kappa shape index (κ2) is 6.62. The molecule has 86 valence electrons. The van der Waals surface area contributed by atoms with Gasteiger partial charge in [0.05, 0.1) is 0 Å². The zero-order valence-corrected chi connectivity index (χ0v) is 9.81. The smallest absolute Gasteiger partial charge is 0.220 e. The van der Waals surface area contributed by atoms with E-state index in [9.17, 15) is 4.79 Å². The van der Waals surface area contributed by atoms with Crippen LogP contribution in [0.15, 0.2) is 11.6 Å². The van der Waals surface area contributed by atoms with Gasteiger partial charge < -0.3 is 10.6 Å². The third-order valence-corrected chi connectivity index (χ3v) is 2.90. The number of carbonyl (C=O) groups is 1. The van der Waals surface area contributed by atoms with Crippen LogP contribution in [-0.2, 0) is 4.79 Å². The molecule has 0 aromatic rings. The van der Waals surface area contributed by atoms with Crippen LogP contribution in [0.25, 0.3) is 0 Å². The van der Waals surface area contributed by atoms with Crippen molar-refractivity contribution >= 4 is 5.91 Å². The molecule has 1 aliphatic heterocycles. The van der Waals surface area contributed by atoms with E-state index in [0.717, 1.165) is 32.5 Å². The van der Waals surface area contributed by atoms with Crippen LogP contribution in [0.5, 0.6) is 0 Å². The van der Waals surface area contributed by atoms with Crippen LogP contribution in [0, 0.1) is 5.92 Å². The summed E-state index contributed by atoms with van der Waals surface area (Å²) in [5, 5.41) is 6.24. The molecule has 1 heterocycles. The minimum atomic E-state index is 0.184. The fraction of sp³-hybridized carbons (Fsp3) is 0.750. The third kappa shape index (κ3) is 4.98. The molecule has 0 aromatic carbocycles. The molecule has 1 amide bonds. The predicted molar refractivity (Wildman–Crippen MR) is 62.7 cm³/mol. The largest absolute Gasteiger partial charge is 0.352 e. The molecule has 0 radical (unpaired) electrons. The molecule has 3 nitrogen and oxygen atoms in total. The van der Waals surface area contributed by atoms with Crippen molar-refractivity contribution in [1.29, 1.82) is 0 Å². The number of carbonyl (C=O) groups excluding carboxylic acids is 1. The van der Waals surface area contributed by atoms with Gasteiger partial charge in [0.25, 0.3) is 0 Å². The minimum Gasteiger partial charge on any atom is -0.352 e. The Kier molecular flexibility index (Phi) is 5.40. The summed E-state index contributed by atoms with van der Waals surface area (Å²) in [6, 6.07) is 0. The van der Waals surface area contributed by atoms with Crippen LogP contribution in [0.4, 0.5) is 0 Å². The van der Waals surface area contributed by atoms with Crippen LogP contribution in [-0.4, -0.2) is 25.5 Å². The van der Waals surface area contributed by atoms with Crippen molar-refractivity contribution in [3.8, 4) is 0 Å². The van der Waals surface area contributed by atoms with Crippen LogP contribution < -0.4 is 10.6 Å². The summed E-state index contributed by atoms with van der Waals surface area (Å²) in [4.78, 5) is 11.5. The van der Waals surface area contributed by atoms with Crippen molar-refractivity contribution in [3.05, 3.63) is 11.6 Å². The molecule has 0 fully saturated rings. The van der Waals surface area contributed by atoms with Gasteiger partial charge in [0, 0.05) is 19.5 Å². The molecule has 0 saturated heterocycles. The van der Waals surface area contributed by atoms with Crippen LogP contribution in [0.3, 0.4) is 0 Å². The van der Waals surface area contributed by atoms with E-state index >= 15 is 0 Å². The van der Waals surface area contributed by atoms with Gasteiger partial charge in [-0.15, -0.1) is 0 Å². The number of hydrogen-bond donors (Lipinski definition) is 2. The van der Waals surface area contributed by atoms with Crippen LogP contribution >= 0.6 is 0 Å². The van der Waals surface area contributed by atoms with Crippen LogP contribution in [0.2, 0.25) is 0 Å². The third-order valence-electron chi connectivity index (χ3n) is 2.90. The van der Waals surface area contributed by atoms with Crippen molar-refractivity contribution in [2.24, 2.45) is 5.92 Å². The molecule has 15 heavy (non-hydrogen) atoms. The maximum atomic E-state index is 11.5. The average molecular weight is 210 g/mol. The van der Waals surface area contributed by atoms with E-state index in [4.69, 9.17) is 0 Å². The van der Waals surface area contributed by atoms with Gasteiger partial charge in [-0.2, -0.15) is 0 Å². The number of nitrogens with one attached hydrogen (secondary N) is 2. The number of hydrogen-bond acceptors (Lipinski definition) is 2. The summed E-state index contributed by atoms with van der Waals surface area (Å²) in [7, 11) is 0. The lowest BCUT2D eigenvalue weighted by atomic mass is 10.0. The summed E-state index contributed by atoms with van der Waals surface area (Å²) in [6.45, 7) is 6.94. The highest BCUT2D eigenvalue weighted by atomic mass is 16.1. The first-order valence-corrected chi connectivity index (χ1v) is 5.87. The van der Waals surface area contributed by atoms with E-state index in [-0.39, 0.29) is 5.91 Å². The van der Waals surface area contributed by atoms with Crippen molar-refractivity contribution < 1.29 is 4.79 Å². The highest BCUT2D eigenvalue weighted by Crippen LogP contribution is 2.06. The molecule has 3 heteroatoms. The lowest BCUT2D eigenvalue weighted by Gasteiger charge is -2.15. The summed E-state index contributed by atoms with van der Waals surface area (Å²) in [6.07, 6.45) is 4.96. The number of rotatable bonds is 5. The first-order chi connectivity index (χ1) is 7.22.